The third kappa shape index (κ3) is 5.80. The lowest BCUT2D eigenvalue weighted by molar-refractivity contribution is -0.137. The standard InChI is InChI=1S/C21H20F3N3O4S/c1-20(2,29)12-31-15-6-5-14(10-16(15)30-3)27-9-8-25-18(19(27)28)32-17-7-4-13(11-26-17)21(22,23)24/h4-11,29H,12H2,1-3H3. The Morgan fingerprint density at radius 3 is 2.47 bits per heavy atom. The third-order valence-electron chi connectivity index (χ3n) is 4.08. The zero-order valence-corrected chi connectivity index (χ0v) is 18.2. The van der Waals surface area contributed by atoms with E-state index in [-0.39, 0.29) is 16.7 Å². The van der Waals surface area contributed by atoms with Crippen LogP contribution in [0.5, 0.6) is 11.5 Å². The summed E-state index contributed by atoms with van der Waals surface area (Å²) in [5.41, 5.74) is -1.93. The molecule has 0 amide bonds. The van der Waals surface area contributed by atoms with Gasteiger partial charge in [0.25, 0.3) is 5.56 Å². The van der Waals surface area contributed by atoms with Gasteiger partial charge in [-0.3, -0.25) is 9.36 Å². The van der Waals surface area contributed by atoms with E-state index in [2.05, 4.69) is 9.97 Å². The molecule has 0 unspecified atom stereocenters. The van der Waals surface area contributed by atoms with Crippen molar-refractivity contribution in [3.63, 3.8) is 0 Å². The quantitative estimate of drug-likeness (QED) is 0.563. The molecule has 32 heavy (non-hydrogen) atoms. The Kier molecular flexibility index (Phi) is 6.79. The van der Waals surface area contributed by atoms with E-state index in [1.807, 2.05) is 0 Å². The highest BCUT2D eigenvalue weighted by molar-refractivity contribution is 7.99. The number of aliphatic hydroxyl groups is 1. The smallest absolute Gasteiger partial charge is 0.417 e. The zero-order valence-electron chi connectivity index (χ0n) is 17.4. The molecular formula is C21H20F3N3O4S. The zero-order chi connectivity index (χ0) is 23.5. The highest BCUT2D eigenvalue weighted by Gasteiger charge is 2.30. The fourth-order valence-electron chi connectivity index (χ4n) is 2.55. The number of hydrogen-bond donors (Lipinski definition) is 1. The van der Waals surface area contributed by atoms with Gasteiger partial charge in [0, 0.05) is 24.7 Å². The summed E-state index contributed by atoms with van der Waals surface area (Å²) in [5, 5.41) is 10.1. The van der Waals surface area contributed by atoms with Crippen molar-refractivity contribution in [2.75, 3.05) is 13.7 Å². The summed E-state index contributed by atoms with van der Waals surface area (Å²) >= 11 is 0.860. The molecule has 0 aliphatic rings. The summed E-state index contributed by atoms with van der Waals surface area (Å²) in [5.74, 6) is 0.748. The maximum Gasteiger partial charge on any atom is 0.417 e. The summed E-state index contributed by atoms with van der Waals surface area (Å²) in [6.07, 6.45) is -0.922. The Morgan fingerprint density at radius 2 is 1.88 bits per heavy atom. The minimum absolute atomic E-state index is 0.0405. The van der Waals surface area contributed by atoms with Crippen molar-refractivity contribution >= 4 is 11.8 Å². The first kappa shape index (κ1) is 23.6. The van der Waals surface area contributed by atoms with Crippen LogP contribution in [0.1, 0.15) is 19.4 Å². The molecule has 170 valence electrons. The summed E-state index contributed by atoms with van der Waals surface area (Å²) < 4.78 is 50.3. The van der Waals surface area contributed by atoms with Crippen molar-refractivity contribution in [1.82, 2.24) is 14.5 Å². The molecule has 3 rings (SSSR count). The lowest BCUT2D eigenvalue weighted by atomic mass is 10.2. The van der Waals surface area contributed by atoms with Gasteiger partial charge in [-0.25, -0.2) is 9.97 Å². The monoisotopic (exact) mass is 467 g/mol. The van der Waals surface area contributed by atoms with Crippen molar-refractivity contribution in [3.05, 3.63) is 64.8 Å². The van der Waals surface area contributed by atoms with E-state index in [0.29, 0.717) is 23.4 Å². The molecule has 11 heteroatoms. The van der Waals surface area contributed by atoms with Crippen LogP contribution in [0.3, 0.4) is 0 Å². The first-order chi connectivity index (χ1) is 15.0. The van der Waals surface area contributed by atoms with Crippen LogP contribution in [-0.4, -0.2) is 39.0 Å². The summed E-state index contributed by atoms with van der Waals surface area (Å²) in [6, 6.07) is 6.91. The number of ether oxygens (including phenoxy) is 2. The molecule has 0 fully saturated rings. The molecule has 0 bridgehead atoms. The SMILES string of the molecule is COc1cc(-n2ccnc(Sc3ccc(C(F)(F)F)cn3)c2=O)ccc1OCC(C)(C)O. The Balaban J connectivity index is 1.87. The van der Waals surface area contributed by atoms with Crippen LogP contribution in [-0.2, 0) is 6.18 Å². The van der Waals surface area contributed by atoms with Crippen molar-refractivity contribution < 1.29 is 27.8 Å². The highest BCUT2D eigenvalue weighted by Crippen LogP contribution is 2.31. The van der Waals surface area contributed by atoms with Gasteiger partial charge in [0.1, 0.15) is 11.6 Å². The molecule has 1 N–H and O–H groups in total. The molecule has 0 aliphatic carbocycles. The maximum absolute atomic E-state index is 12.9. The second kappa shape index (κ2) is 9.21. The maximum atomic E-state index is 12.9. The van der Waals surface area contributed by atoms with Crippen molar-refractivity contribution in [1.29, 1.82) is 0 Å². The number of methoxy groups -OCH3 is 1. The normalized spacial score (nSPS) is 12.0. The highest BCUT2D eigenvalue weighted by atomic mass is 32.2. The van der Waals surface area contributed by atoms with E-state index in [9.17, 15) is 23.1 Å². The Hall–Kier alpha value is -3.05. The number of aromatic nitrogens is 3. The number of nitrogens with zero attached hydrogens (tertiary/aromatic N) is 3. The third-order valence-corrected chi connectivity index (χ3v) is 5.00. The van der Waals surface area contributed by atoms with E-state index in [4.69, 9.17) is 9.47 Å². The van der Waals surface area contributed by atoms with Crippen LogP contribution in [0, 0.1) is 0 Å². The van der Waals surface area contributed by atoms with Gasteiger partial charge in [0.15, 0.2) is 16.5 Å². The lowest BCUT2D eigenvalue weighted by Gasteiger charge is -2.19. The number of hydrogen-bond acceptors (Lipinski definition) is 7. The number of halogens is 3. The molecular weight excluding hydrogens is 447 g/mol. The number of pyridine rings is 1. The molecule has 0 saturated heterocycles. The van der Waals surface area contributed by atoms with Crippen molar-refractivity contribution in [3.8, 4) is 17.2 Å². The predicted octanol–water partition coefficient (Wildman–Crippen LogP) is 3.96. The number of alkyl halides is 3. The lowest BCUT2D eigenvalue weighted by Crippen LogP contribution is -2.28. The van der Waals surface area contributed by atoms with Crippen molar-refractivity contribution in [2.24, 2.45) is 0 Å². The molecule has 2 aromatic heterocycles. The Morgan fingerprint density at radius 1 is 1.12 bits per heavy atom. The van der Waals surface area contributed by atoms with E-state index in [1.165, 1.54) is 30.1 Å². The minimum Gasteiger partial charge on any atom is -0.493 e. The van der Waals surface area contributed by atoms with Gasteiger partial charge in [-0.1, -0.05) is 0 Å². The molecule has 7 nitrogen and oxygen atoms in total. The van der Waals surface area contributed by atoms with Crippen LogP contribution in [0.15, 0.2) is 63.8 Å². The molecule has 1 aromatic carbocycles. The topological polar surface area (TPSA) is 86.5 Å². The molecule has 0 spiro atoms. The van der Waals surface area contributed by atoms with E-state index in [1.54, 1.807) is 32.0 Å². The fraction of sp³-hybridized carbons (Fsp3) is 0.286. The van der Waals surface area contributed by atoms with Gasteiger partial charge in [-0.15, -0.1) is 0 Å². The first-order valence-corrected chi connectivity index (χ1v) is 10.1. The molecule has 0 saturated carbocycles. The predicted molar refractivity (Wildman–Crippen MR) is 112 cm³/mol. The van der Waals surface area contributed by atoms with Crippen LogP contribution in [0.2, 0.25) is 0 Å². The number of rotatable bonds is 7. The Labute approximate surface area is 185 Å². The van der Waals surface area contributed by atoms with E-state index >= 15 is 0 Å². The number of benzene rings is 1. The second-order valence-electron chi connectivity index (χ2n) is 7.33. The van der Waals surface area contributed by atoms with Crippen LogP contribution >= 0.6 is 11.8 Å². The summed E-state index contributed by atoms with van der Waals surface area (Å²) in [7, 11) is 1.45. The molecule has 3 aromatic rings. The average Bonchev–Trinajstić information content (AvgIpc) is 2.73. The van der Waals surface area contributed by atoms with Gasteiger partial charge >= 0.3 is 6.18 Å². The van der Waals surface area contributed by atoms with Gasteiger partial charge in [-0.05, 0) is 49.9 Å². The Bertz CT molecular complexity index is 1140. The fourth-order valence-corrected chi connectivity index (χ4v) is 3.29. The van der Waals surface area contributed by atoms with Gasteiger partial charge in [0.05, 0.1) is 24.0 Å². The molecule has 2 heterocycles. The summed E-state index contributed by atoms with van der Waals surface area (Å²) in [6.45, 7) is 3.25. The van der Waals surface area contributed by atoms with Crippen LogP contribution < -0.4 is 15.0 Å². The molecule has 0 aliphatic heterocycles. The van der Waals surface area contributed by atoms with Gasteiger partial charge in [0.2, 0.25) is 0 Å². The molecule has 0 radical (unpaired) electrons. The van der Waals surface area contributed by atoms with Crippen LogP contribution in [0.4, 0.5) is 13.2 Å². The largest absolute Gasteiger partial charge is 0.493 e. The van der Waals surface area contributed by atoms with E-state index in [0.717, 1.165) is 17.8 Å². The van der Waals surface area contributed by atoms with Gasteiger partial charge < -0.3 is 14.6 Å². The average molecular weight is 467 g/mol. The van der Waals surface area contributed by atoms with Gasteiger partial charge in [-0.2, -0.15) is 13.2 Å². The summed E-state index contributed by atoms with van der Waals surface area (Å²) in [4.78, 5) is 20.7. The minimum atomic E-state index is -4.49. The van der Waals surface area contributed by atoms with Crippen LogP contribution in [0.25, 0.3) is 5.69 Å². The van der Waals surface area contributed by atoms with Crippen molar-refractivity contribution in [2.45, 2.75) is 35.7 Å². The van der Waals surface area contributed by atoms with E-state index < -0.39 is 22.9 Å². The second-order valence-corrected chi connectivity index (χ2v) is 8.34. The first-order valence-electron chi connectivity index (χ1n) is 9.30. The molecule has 0 atom stereocenters.